The van der Waals surface area contributed by atoms with Gasteiger partial charge in [0, 0.05) is 19.7 Å². The van der Waals surface area contributed by atoms with Crippen molar-refractivity contribution in [3.63, 3.8) is 0 Å². The highest BCUT2D eigenvalue weighted by Crippen LogP contribution is 2.30. The van der Waals surface area contributed by atoms with Crippen LogP contribution in [0.5, 0.6) is 0 Å². The fraction of sp³-hybridized carbons (Fsp3) is 0.562. The number of ether oxygens (including phenoxy) is 1. The summed E-state index contributed by atoms with van der Waals surface area (Å²) in [5.41, 5.74) is 0.594. The van der Waals surface area contributed by atoms with Crippen LogP contribution < -0.4 is 0 Å². The molecule has 1 aromatic rings. The van der Waals surface area contributed by atoms with E-state index in [1.54, 1.807) is 12.1 Å². The number of rotatable bonds is 4. The van der Waals surface area contributed by atoms with Crippen LogP contribution >= 0.6 is 11.6 Å². The maximum atomic E-state index is 12.5. The number of halogens is 1. The third kappa shape index (κ3) is 3.33. The SMILES string of the molecule is O=C(c1ccccc1Cl)N1CCC[C@@H](OCC2CC2)C1. The van der Waals surface area contributed by atoms with Crippen molar-refractivity contribution in [2.45, 2.75) is 31.8 Å². The third-order valence-corrected chi connectivity index (χ3v) is 4.36. The van der Waals surface area contributed by atoms with Gasteiger partial charge in [0.2, 0.25) is 0 Å². The van der Waals surface area contributed by atoms with Crippen molar-refractivity contribution in [2.24, 2.45) is 5.92 Å². The number of carbonyl (C=O) groups is 1. The van der Waals surface area contributed by atoms with Crippen molar-refractivity contribution in [3.05, 3.63) is 34.9 Å². The summed E-state index contributed by atoms with van der Waals surface area (Å²) < 4.78 is 5.93. The summed E-state index contributed by atoms with van der Waals surface area (Å²) in [4.78, 5) is 14.4. The molecule has 0 unspecified atom stereocenters. The molecule has 1 aromatic carbocycles. The fourth-order valence-electron chi connectivity index (χ4n) is 2.62. The number of carbonyl (C=O) groups excluding carboxylic acids is 1. The molecule has 0 radical (unpaired) electrons. The van der Waals surface area contributed by atoms with Gasteiger partial charge in [0.25, 0.3) is 5.91 Å². The van der Waals surface area contributed by atoms with Crippen LogP contribution in [-0.2, 0) is 4.74 Å². The Morgan fingerprint density at radius 1 is 1.30 bits per heavy atom. The molecule has 3 rings (SSSR count). The fourth-order valence-corrected chi connectivity index (χ4v) is 2.84. The third-order valence-electron chi connectivity index (χ3n) is 4.03. The second kappa shape index (κ2) is 6.15. The van der Waals surface area contributed by atoms with Crippen molar-refractivity contribution >= 4 is 17.5 Å². The van der Waals surface area contributed by atoms with Crippen LogP contribution in [0.4, 0.5) is 0 Å². The van der Waals surface area contributed by atoms with E-state index in [0.29, 0.717) is 17.1 Å². The highest BCUT2D eigenvalue weighted by Gasteiger charge is 2.28. The van der Waals surface area contributed by atoms with Crippen LogP contribution in [-0.4, -0.2) is 36.6 Å². The van der Waals surface area contributed by atoms with Gasteiger partial charge in [0.15, 0.2) is 0 Å². The molecule has 108 valence electrons. The first-order valence-electron chi connectivity index (χ1n) is 7.39. The van der Waals surface area contributed by atoms with Gasteiger partial charge in [-0.2, -0.15) is 0 Å². The minimum Gasteiger partial charge on any atom is -0.376 e. The summed E-state index contributed by atoms with van der Waals surface area (Å²) in [6.07, 6.45) is 4.85. The lowest BCUT2D eigenvalue weighted by atomic mass is 10.1. The molecular formula is C16H20ClNO2. The van der Waals surface area contributed by atoms with Gasteiger partial charge >= 0.3 is 0 Å². The van der Waals surface area contributed by atoms with E-state index in [4.69, 9.17) is 16.3 Å². The molecule has 0 bridgehead atoms. The highest BCUT2D eigenvalue weighted by molar-refractivity contribution is 6.33. The van der Waals surface area contributed by atoms with E-state index in [1.807, 2.05) is 17.0 Å². The lowest BCUT2D eigenvalue weighted by Gasteiger charge is -2.33. The van der Waals surface area contributed by atoms with Gasteiger partial charge < -0.3 is 9.64 Å². The molecule has 20 heavy (non-hydrogen) atoms. The second-order valence-corrected chi connectivity index (χ2v) is 6.18. The minimum atomic E-state index is 0.0234. The largest absolute Gasteiger partial charge is 0.376 e. The minimum absolute atomic E-state index is 0.0234. The van der Waals surface area contributed by atoms with E-state index in [-0.39, 0.29) is 12.0 Å². The van der Waals surface area contributed by atoms with E-state index >= 15 is 0 Å². The molecule has 1 aliphatic heterocycles. The zero-order valence-electron chi connectivity index (χ0n) is 11.6. The maximum absolute atomic E-state index is 12.5. The van der Waals surface area contributed by atoms with E-state index in [0.717, 1.165) is 31.9 Å². The normalized spacial score (nSPS) is 22.9. The highest BCUT2D eigenvalue weighted by atomic mass is 35.5. The first kappa shape index (κ1) is 13.9. The molecule has 1 saturated heterocycles. The van der Waals surface area contributed by atoms with Crippen molar-refractivity contribution in [2.75, 3.05) is 19.7 Å². The van der Waals surface area contributed by atoms with Gasteiger partial charge in [-0.3, -0.25) is 4.79 Å². The van der Waals surface area contributed by atoms with Gasteiger partial charge in [-0.1, -0.05) is 23.7 Å². The van der Waals surface area contributed by atoms with Gasteiger partial charge in [-0.25, -0.2) is 0 Å². The van der Waals surface area contributed by atoms with Crippen LogP contribution in [0.15, 0.2) is 24.3 Å². The van der Waals surface area contributed by atoms with Gasteiger partial charge in [0.05, 0.1) is 16.7 Å². The topological polar surface area (TPSA) is 29.5 Å². The Kier molecular flexibility index (Phi) is 4.27. The second-order valence-electron chi connectivity index (χ2n) is 5.77. The zero-order valence-corrected chi connectivity index (χ0v) is 12.3. The van der Waals surface area contributed by atoms with Crippen molar-refractivity contribution in [3.8, 4) is 0 Å². The Hall–Kier alpha value is -1.06. The smallest absolute Gasteiger partial charge is 0.255 e. The van der Waals surface area contributed by atoms with E-state index in [2.05, 4.69) is 0 Å². The average Bonchev–Trinajstić information content (AvgIpc) is 3.29. The molecule has 1 atom stereocenters. The Labute approximate surface area is 124 Å². The number of piperidine rings is 1. The summed E-state index contributed by atoms with van der Waals surface area (Å²) in [5, 5.41) is 0.526. The summed E-state index contributed by atoms with van der Waals surface area (Å²) in [5.74, 6) is 0.792. The summed E-state index contributed by atoms with van der Waals surface area (Å²) >= 11 is 6.11. The van der Waals surface area contributed by atoms with Crippen LogP contribution in [0.2, 0.25) is 5.02 Å². The van der Waals surface area contributed by atoms with Gasteiger partial charge in [-0.15, -0.1) is 0 Å². The standard InChI is InChI=1S/C16H20ClNO2/c17-15-6-2-1-5-14(15)16(19)18-9-3-4-13(10-18)20-11-12-7-8-12/h1-2,5-6,12-13H,3-4,7-11H2/t13-/m1/s1. The molecule has 4 heteroatoms. The molecule has 0 N–H and O–H groups in total. The molecule has 1 saturated carbocycles. The van der Waals surface area contributed by atoms with Crippen LogP contribution in [0.1, 0.15) is 36.0 Å². The lowest BCUT2D eigenvalue weighted by molar-refractivity contribution is -0.00241. The average molecular weight is 294 g/mol. The number of nitrogens with zero attached hydrogens (tertiary/aromatic N) is 1. The van der Waals surface area contributed by atoms with E-state index in [1.165, 1.54) is 12.8 Å². The van der Waals surface area contributed by atoms with E-state index < -0.39 is 0 Å². The molecule has 3 nitrogen and oxygen atoms in total. The Morgan fingerprint density at radius 2 is 2.10 bits per heavy atom. The first-order valence-corrected chi connectivity index (χ1v) is 7.77. The number of likely N-dealkylation sites (tertiary alicyclic amines) is 1. The Bertz CT molecular complexity index is 487. The number of hydrogen-bond donors (Lipinski definition) is 0. The Morgan fingerprint density at radius 3 is 2.85 bits per heavy atom. The number of hydrogen-bond acceptors (Lipinski definition) is 2. The van der Waals surface area contributed by atoms with Crippen LogP contribution in [0.3, 0.4) is 0 Å². The molecule has 1 heterocycles. The summed E-state index contributed by atoms with van der Waals surface area (Å²) in [6.45, 7) is 2.35. The summed E-state index contributed by atoms with van der Waals surface area (Å²) in [7, 11) is 0. The molecule has 0 aromatic heterocycles. The lowest BCUT2D eigenvalue weighted by Crippen LogP contribution is -2.43. The molecule has 2 aliphatic rings. The molecule has 1 aliphatic carbocycles. The maximum Gasteiger partial charge on any atom is 0.255 e. The predicted octanol–water partition coefficient (Wildman–Crippen LogP) is 3.37. The van der Waals surface area contributed by atoms with Crippen LogP contribution in [0.25, 0.3) is 0 Å². The quantitative estimate of drug-likeness (QED) is 0.852. The monoisotopic (exact) mass is 293 g/mol. The molecular weight excluding hydrogens is 274 g/mol. The Balaban J connectivity index is 1.60. The molecule has 0 spiro atoms. The van der Waals surface area contributed by atoms with Crippen molar-refractivity contribution in [1.82, 2.24) is 4.90 Å². The number of amides is 1. The van der Waals surface area contributed by atoms with Crippen molar-refractivity contribution < 1.29 is 9.53 Å². The molecule has 2 fully saturated rings. The van der Waals surface area contributed by atoms with E-state index in [9.17, 15) is 4.79 Å². The first-order chi connectivity index (χ1) is 9.74. The summed E-state index contributed by atoms with van der Waals surface area (Å²) in [6, 6.07) is 7.25. The van der Waals surface area contributed by atoms with Gasteiger partial charge in [0.1, 0.15) is 0 Å². The zero-order chi connectivity index (χ0) is 13.9. The number of benzene rings is 1. The van der Waals surface area contributed by atoms with Crippen LogP contribution in [0, 0.1) is 5.92 Å². The van der Waals surface area contributed by atoms with Gasteiger partial charge in [-0.05, 0) is 43.7 Å². The molecule has 1 amide bonds. The predicted molar refractivity (Wildman–Crippen MR) is 79.1 cm³/mol. The van der Waals surface area contributed by atoms with Crippen molar-refractivity contribution in [1.29, 1.82) is 0 Å².